The number of carbonyl (C=O) groups excluding carboxylic acids is 1. The highest BCUT2D eigenvalue weighted by atomic mass is 35.5. The summed E-state index contributed by atoms with van der Waals surface area (Å²) >= 11 is 0. The molecule has 140 valence electrons. The number of nitrogens with zero attached hydrogens (tertiary/aromatic N) is 2. The molecule has 7 nitrogen and oxygen atoms in total. The maximum Gasteiger partial charge on any atom is 0.232 e. The van der Waals surface area contributed by atoms with Gasteiger partial charge in [0.2, 0.25) is 5.91 Å². The number of anilines is 1. The Balaban J connectivity index is 0.00000196. The van der Waals surface area contributed by atoms with Gasteiger partial charge < -0.3 is 15.8 Å². The van der Waals surface area contributed by atoms with Crippen molar-refractivity contribution in [2.45, 2.75) is 31.6 Å². The van der Waals surface area contributed by atoms with Crippen LogP contribution in [-0.2, 0) is 9.53 Å². The van der Waals surface area contributed by atoms with Gasteiger partial charge in [-0.15, -0.1) is 12.4 Å². The molecule has 1 saturated carbocycles. The molecule has 4 N–H and O–H groups in total. The Hall–Kier alpha value is -1.96. The second-order valence-corrected chi connectivity index (χ2v) is 6.95. The number of nitrogens with two attached hydrogens (primary N) is 1. The zero-order chi connectivity index (χ0) is 17.3. The third kappa shape index (κ3) is 3.75. The van der Waals surface area contributed by atoms with Gasteiger partial charge in [0.05, 0.1) is 5.41 Å². The number of hydrogen-bond acceptors (Lipinski definition) is 5. The minimum Gasteiger partial charge on any atom is -0.381 e. The van der Waals surface area contributed by atoms with Crippen LogP contribution in [0.15, 0.2) is 24.3 Å². The van der Waals surface area contributed by atoms with Crippen molar-refractivity contribution in [3.63, 3.8) is 0 Å². The zero-order valence-electron chi connectivity index (χ0n) is 14.5. The number of ether oxygens (including phenoxy) is 1. The molecule has 2 fully saturated rings. The number of hydrogen-bond donors (Lipinski definition) is 3. The highest BCUT2D eigenvalue weighted by molar-refractivity contribution is 5.95. The van der Waals surface area contributed by atoms with Crippen molar-refractivity contribution in [2.75, 3.05) is 25.1 Å². The number of amides is 1. The lowest BCUT2D eigenvalue weighted by atomic mass is 9.79. The Bertz CT molecular complexity index is 751. The van der Waals surface area contributed by atoms with E-state index in [9.17, 15) is 4.79 Å². The van der Waals surface area contributed by atoms with E-state index in [1.807, 2.05) is 24.3 Å². The third-order valence-electron chi connectivity index (χ3n) is 5.19. The largest absolute Gasteiger partial charge is 0.381 e. The van der Waals surface area contributed by atoms with E-state index < -0.39 is 5.41 Å². The maximum absolute atomic E-state index is 12.7. The molecule has 0 unspecified atom stereocenters. The fourth-order valence-electron chi connectivity index (χ4n) is 3.20. The van der Waals surface area contributed by atoms with Gasteiger partial charge in [-0.05, 0) is 49.9 Å². The molecular weight excluding hydrogens is 354 g/mol. The summed E-state index contributed by atoms with van der Waals surface area (Å²) in [4.78, 5) is 17.2. The van der Waals surface area contributed by atoms with E-state index in [-0.39, 0.29) is 18.3 Å². The SMILES string of the molecule is Cl.NCC1(C(=O)Nc2ccc(-c3n[nH]c(C4CC4)n3)cc2)CCOCC1. The monoisotopic (exact) mass is 377 g/mol. The van der Waals surface area contributed by atoms with E-state index in [0.717, 1.165) is 17.1 Å². The minimum atomic E-state index is -0.528. The van der Waals surface area contributed by atoms with Gasteiger partial charge in [-0.3, -0.25) is 9.89 Å². The molecule has 1 aliphatic carbocycles. The lowest BCUT2D eigenvalue weighted by Gasteiger charge is -2.34. The Morgan fingerprint density at radius 1 is 1.27 bits per heavy atom. The molecule has 2 heterocycles. The standard InChI is InChI=1S/C18H23N5O2.ClH/c19-11-18(7-9-25-10-8-18)17(24)20-14-5-3-13(4-6-14)16-21-15(22-23-16)12-1-2-12;/h3-6,12H,1-2,7-11,19H2,(H,20,24)(H,21,22,23);1H. The molecule has 0 bridgehead atoms. The van der Waals surface area contributed by atoms with Gasteiger partial charge in [0.15, 0.2) is 5.82 Å². The van der Waals surface area contributed by atoms with Crippen LogP contribution in [0.5, 0.6) is 0 Å². The number of H-pyrrole nitrogens is 1. The number of halogens is 1. The molecule has 1 aliphatic heterocycles. The molecule has 2 aliphatic rings. The molecular formula is C18H24ClN5O2. The average Bonchev–Trinajstić information content (AvgIpc) is 3.40. The van der Waals surface area contributed by atoms with Gasteiger partial charge in [0.1, 0.15) is 5.82 Å². The Morgan fingerprint density at radius 3 is 2.58 bits per heavy atom. The summed E-state index contributed by atoms with van der Waals surface area (Å²) in [6, 6.07) is 7.61. The van der Waals surface area contributed by atoms with E-state index in [0.29, 0.717) is 44.3 Å². The second kappa shape index (κ2) is 7.73. The van der Waals surface area contributed by atoms with Crippen molar-refractivity contribution in [3.8, 4) is 11.4 Å². The lowest BCUT2D eigenvalue weighted by molar-refractivity contribution is -0.130. The predicted molar refractivity (Wildman–Crippen MR) is 101 cm³/mol. The van der Waals surface area contributed by atoms with Gasteiger partial charge in [-0.2, -0.15) is 5.10 Å². The molecule has 2 aromatic rings. The molecule has 4 rings (SSSR count). The van der Waals surface area contributed by atoms with Crippen molar-refractivity contribution in [1.82, 2.24) is 15.2 Å². The van der Waals surface area contributed by atoms with Gasteiger partial charge in [0.25, 0.3) is 0 Å². The second-order valence-electron chi connectivity index (χ2n) is 6.95. The summed E-state index contributed by atoms with van der Waals surface area (Å²) in [7, 11) is 0. The van der Waals surface area contributed by atoms with Crippen LogP contribution >= 0.6 is 12.4 Å². The highest BCUT2D eigenvalue weighted by Gasteiger charge is 2.38. The first-order valence-electron chi connectivity index (χ1n) is 8.82. The number of aromatic amines is 1. The average molecular weight is 378 g/mol. The van der Waals surface area contributed by atoms with Crippen molar-refractivity contribution in [2.24, 2.45) is 11.1 Å². The first-order chi connectivity index (χ1) is 12.2. The van der Waals surface area contributed by atoms with Crippen LogP contribution in [0.1, 0.15) is 37.4 Å². The summed E-state index contributed by atoms with van der Waals surface area (Å²) in [6.07, 6.45) is 3.70. The van der Waals surface area contributed by atoms with Crippen LogP contribution in [-0.4, -0.2) is 40.8 Å². The van der Waals surface area contributed by atoms with Gasteiger partial charge in [-0.25, -0.2) is 4.98 Å². The van der Waals surface area contributed by atoms with Crippen LogP contribution in [0.25, 0.3) is 11.4 Å². The molecule has 8 heteroatoms. The smallest absolute Gasteiger partial charge is 0.232 e. The van der Waals surface area contributed by atoms with Crippen LogP contribution in [0.3, 0.4) is 0 Å². The molecule has 1 saturated heterocycles. The quantitative estimate of drug-likeness (QED) is 0.742. The van der Waals surface area contributed by atoms with E-state index >= 15 is 0 Å². The Morgan fingerprint density at radius 2 is 1.96 bits per heavy atom. The topological polar surface area (TPSA) is 106 Å². The molecule has 0 spiro atoms. The van der Waals surface area contributed by atoms with Crippen LogP contribution in [0.2, 0.25) is 0 Å². The first kappa shape index (κ1) is 18.8. The van der Waals surface area contributed by atoms with Gasteiger partial charge in [-0.1, -0.05) is 0 Å². The molecule has 26 heavy (non-hydrogen) atoms. The first-order valence-corrected chi connectivity index (χ1v) is 8.82. The fraction of sp³-hybridized carbons (Fsp3) is 0.500. The number of aromatic nitrogens is 3. The van der Waals surface area contributed by atoms with Crippen LogP contribution in [0.4, 0.5) is 5.69 Å². The highest BCUT2D eigenvalue weighted by Crippen LogP contribution is 2.38. The maximum atomic E-state index is 12.7. The molecule has 0 radical (unpaired) electrons. The van der Waals surface area contributed by atoms with Gasteiger partial charge in [0, 0.05) is 36.9 Å². The molecule has 1 amide bonds. The van der Waals surface area contributed by atoms with Crippen molar-refractivity contribution >= 4 is 24.0 Å². The molecule has 0 atom stereocenters. The summed E-state index contributed by atoms with van der Waals surface area (Å²) in [5.41, 5.74) is 7.05. The third-order valence-corrected chi connectivity index (χ3v) is 5.19. The van der Waals surface area contributed by atoms with E-state index in [1.165, 1.54) is 12.8 Å². The lowest BCUT2D eigenvalue weighted by Crippen LogP contribution is -2.46. The van der Waals surface area contributed by atoms with Crippen molar-refractivity contribution < 1.29 is 9.53 Å². The van der Waals surface area contributed by atoms with Crippen LogP contribution < -0.4 is 11.1 Å². The summed E-state index contributed by atoms with van der Waals surface area (Å²) in [5.74, 6) is 2.19. The summed E-state index contributed by atoms with van der Waals surface area (Å²) in [6.45, 7) is 1.50. The minimum absolute atomic E-state index is 0. The van der Waals surface area contributed by atoms with E-state index in [1.54, 1.807) is 0 Å². The van der Waals surface area contributed by atoms with Crippen molar-refractivity contribution in [3.05, 3.63) is 30.1 Å². The fourth-order valence-corrected chi connectivity index (χ4v) is 3.20. The molecule has 1 aromatic carbocycles. The van der Waals surface area contributed by atoms with E-state index in [2.05, 4.69) is 20.5 Å². The zero-order valence-corrected chi connectivity index (χ0v) is 15.3. The number of nitrogens with one attached hydrogen (secondary N) is 2. The predicted octanol–water partition coefficient (Wildman–Crippen LogP) is 2.46. The summed E-state index contributed by atoms with van der Waals surface area (Å²) in [5, 5.41) is 10.3. The molecule has 1 aromatic heterocycles. The van der Waals surface area contributed by atoms with Crippen LogP contribution in [0, 0.1) is 5.41 Å². The Kier molecular flexibility index (Phi) is 5.60. The number of benzene rings is 1. The normalized spacial score (nSPS) is 18.8. The van der Waals surface area contributed by atoms with E-state index in [4.69, 9.17) is 10.5 Å². The van der Waals surface area contributed by atoms with Crippen molar-refractivity contribution in [1.29, 1.82) is 0 Å². The number of carbonyl (C=O) groups is 1. The van der Waals surface area contributed by atoms with Gasteiger partial charge >= 0.3 is 0 Å². The Labute approximate surface area is 158 Å². The summed E-state index contributed by atoms with van der Waals surface area (Å²) < 4.78 is 5.36. The number of rotatable bonds is 5.